The average Bonchev–Trinajstić information content (AvgIpc) is 2.40. The van der Waals surface area contributed by atoms with E-state index >= 15 is 0 Å². The van der Waals surface area contributed by atoms with Crippen molar-refractivity contribution in [1.29, 1.82) is 0 Å². The normalized spacial score (nSPS) is 13.8. The Morgan fingerprint density at radius 1 is 1.12 bits per heavy atom. The molecule has 138 valence electrons. The van der Waals surface area contributed by atoms with Gasteiger partial charge in [-0.25, -0.2) is 9.18 Å². The number of Topliss-reactive ketones (excluding diaryl/α,β-unsaturated/α-hetero) is 1. The van der Waals surface area contributed by atoms with Gasteiger partial charge in [0.2, 0.25) is 5.91 Å². The van der Waals surface area contributed by atoms with Crippen LogP contribution in [0.15, 0.2) is 0 Å². The van der Waals surface area contributed by atoms with E-state index < -0.39 is 54.5 Å². The second-order valence-corrected chi connectivity index (χ2v) is 6.63. The molecule has 0 heterocycles. The van der Waals surface area contributed by atoms with Crippen LogP contribution in [0.5, 0.6) is 0 Å². The minimum atomic E-state index is -1.50. The van der Waals surface area contributed by atoms with E-state index in [-0.39, 0.29) is 5.92 Å². The van der Waals surface area contributed by atoms with Crippen molar-refractivity contribution in [2.75, 3.05) is 6.67 Å². The fraction of sp³-hybridized carbons (Fsp3) is 0.733. The number of rotatable bonds is 8. The van der Waals surface area contributed by atoms with Crippen molar-refractivity contribution in [2.24, 2.45) is 5.92 Å². The van der Waals surface area contributed by atoms with Gasteiger partial charge >= 0.3 is 12.1 Å². The molecule has 9 heteroatoms. The third-order valence-electron chi connectivity index (χ3n) is 2.84. The smallest absolute Gasteiger partial charge is 0.408 e. The van der Waals surface area contributed by atoms with Crippen LogP contribution in [0.25, 0.3) is 0 Å². The van der Waals surface area contributed by atoms with Crippen molar-refractivity contribution < 1.29 is 33.4 Å². The van der Waals surface area contributed by atoms with Crippen molar-refractivity contribution in [3.05, 3.63) is 0 Å². The average molecular weight is 348 g/mol. The molecule has 2 amide bonds. The van der Waals surface area contributed by atoms with E-state index in [1.54, 1.807) is 34.6 Å². The van der Waals surface area contributed by atoms with Crippen LogP contribution in [0.1, 0.15) is 41.0 Å². The summed E-state index contributed by atoms with van der Waals surface area (Å²) in [6.45, 7) is 6.85. The van der Waals surface area contributed by atoms with Gasteiger partial charge < -0.3 is 20.5 Å². The highest BCUT2D eigenvalue weighted by atomic mass is 19.1. The molecule has 0 aliphatic rings. The molecule has 0 aromatic carbocycles. The van der Waals surface area contributed by atoms with Gasteiger partial charge in [0.05, 0.1) is 6.42 Å². The van der Waals surface area contributed by atoms with Crippen LogP contribution >= 0.6 is 0 Å². The number of ether oxygens (including phenoxy) is 1. The number of carbonyl (C=O) groups excluding carboxylic acids is 3. The fourth-order valence-electron chi connectivity index (χ4n) is 1.74. The van der Waals surface area contributed by atoms with E-state index in [1.807, 2.05) is 0 Å². The van der Waals surface area contributed by atoms with Crippen LogP contribution in [0.3, 0.4) is 0 Å². The topological polar surface area (TPSA) is 122 Å². The summed E-state index contributed by atoms with van der Waals surface area (Å²) >= 11 is 0. The lowest BCUT2D eigenvalue weighted by Gasteiger charge is -2.26. The number of alkyl halides is 1. The Morgan fingerprint density at radius 2 is 1.67 bits per heavy atom. The molecule has 0 spiro atoms. The first kappa shape index (κ1) is 21.8. The zero-order valence-electron chi connectivity index (χ0n) is 14.5. The minimum Gasteiger partial charge on any atom is -0.481 e. The second-order valence-electron chi connectivity index (χ2n) is 6.63. The molecule has 3 N–H and O–H groups in total. The summed E-state index contributed by atoms with van der Waals surface area (Å²) in [6, 6.07) is -2.56. The molecule has 2 unspecified atom stereocenters. The largest absolute Gasteiger partial charge is 0.481 e. The Morgan fingerprint density at radius 3 is 2.04 bits per heavy atom. The summed E-state index contributed by atoms with van der Waals surface area (Å²) in [4.78, 5) is 46.2. The lowest BCUT2D eigenvalue weighted by atomic mass is 10.0. The molecule has 0 aromatic rings. The number of carbonyl (C=O) groups is 4. The maximum Gasteiger partial charge on any atom is 0.408 e. The van der Waals surface area contributed by atoms with Crippen LogP contribution in [0, 0.1) is 5.92 Å². The van der Waals surface area contributed by atoms with Crippen LogP contribution in [-0.4, -0.2) is 53.2 Å². The SMILES string of the molecule is CC(C)C(NC(=O)OC(C)(C)C)C(=O)NC(CC(=O)O)C(=O)CF. The molecular weight excluding hydrogens is 323 g/mol. The Bertz CT molecular complexity index is 487. The number of hydrogen-bond acceptors (Lipinski definition) is 5. The lowest BCUT2D eigenvalue weighted by Crippen LogP contribution is -2.54. The number of carboxylic acid groups (broad SMARTS) is 1. The van der Waals surface area contributed by atoms with Crippen LogP contribution in [0.2, 0.25) is 0 Å². The summed E-state index contributed by atoms with van der Waals surface area (Å²) < 4.78 is 17.6. The van der Waals surface area contributed by atoms with Gasteiger partial charge in [0.1, 0.15) is 24.4 Å². The molecule has 0 radical (unpaired) electrons. The highest BCUT2D eigenvalue weighted by molar-refractivity contribution is 5.94. The standard InChI is InChI=1S/C15H25FN2O6/c1-8(2)12(18-14(23)24-15(3,4)5)13(22)17-9(6-11(20)21)10(19)7-16/h8-9,12H,6-7H2,1-5H3,(H,17,22)(H,18,23)(H,20,21). The minimum absolute atomic E-state index is 0.372. The zero-order chi connectivity index (χ0) is 19.1. The molecule has 8 nitrogen and oxygen atoms in total. The van der Waals surface area contributed by atoms with Crippen molar-refractivity contribution in [3.63, 3.8) is 0 Å². The number of ketones is 1. The number of hydrogen-bond donors (Lipinski definition) is 3. The lowest BCUT2D eigenvalue weighted by molar-refractivity contribution is -0.140. The van der Waals surface area contributed by atoms with E-state index in [2.05, 4.69) is 10.6 Å². The summed E-state index contributed by atoms with van der Waals surface area (Å²) in [5, 5.41) is 13.3. The molecule has 0 saturated carbocycles. The molecule has 2 atom stereocenters. The van der Waals surface area contributed by atoms with Crippen molar-refractivity contribution in [1.82, 2.24) is 10.6 Å². The highest BCUT2D eigenvalue weighted by Crippen LogP contribution is 2.09. The maximum atomic E-state index is 12.5. The van der Waals surface area contributed by atoms with E-state index in [0.717, 1.165) is 0 Å². The van der Waals surface area contributed by atoms with Gasteiger partial charge in [0.15, 0.2) is 5.78 Å². The van der Waals surface area contributed by atoms with Crippen LogP contribution in [-0.2, 0) is 19.1 Å². The first-order valence-electron chi connectivity index (χ1n) is 7.47. The van der Waals surface area contributed by atoms with Gasteiger partial charge in [0, 0.05) is 0 Å². The predicted molar refractivity (Wildman–Crippen MR) is 83.2 cm³/mol. The zero-order valence-corrected chi connectivity index (χ0v) is 14.5. The molecule has 0 aliphatic carbocycles. The van der Waals surface area contributed by atoms with Crippen molar-refractivity contribution in [3.8, 4) is 0 Å². The molecular formula is C15H25FN2O6. The summed E-state index contributed by atoms with van der Waals surface area (Å²) in [7, 11) is 0. The maximum absolute atomic E-state index is 12.5. The predicted octanol–water partition coefficient (Wildman–Crippen LogP) is 1.03. The third kappa shape index (κ3) is 8.44. The van der Waals surface area contributed by atoms with Gasteiger partial charge in [-0.2, -0.15) is 0 Å². The number of alkyl carbamates (subject to hydrolysis) is 1. The highest BCUT2D eigenvalue weighted by Gasteiger charge is 2.31. The Labute approximate surface area is 140 Å². The number of amides is 2. The molecule has 24 heavy (non-hydrogen) atoms. The Kier molecular flexibility index (Phi) is 8.35. The Hall–Kier alpha value is -2.19. The van der Waals surface area contributed by atoms with Crippen molar-refractivity contribution in [2.45, 2.75) is 58.7 Å². The second kappa shape index (κ2) is 9.19. The third-order valence-corrected chi connectivity index (χ3v) is 2.84. The number of halogens is 1. The van der Waals surface area contributed by atoms with E-state index in [1.165, 1.54) is 0 Å². The molecule has 0 aromatic heterocycles. The van der Waals surface area contributed by atoms with Crippen LogP contribution < -0.4 is 10.6 Å². The molecule has 0 fully saturated rings. The Balaban J connectivity index is 5.03. The van der Waals surface area contributed by atoms with Gasteiger partial charge in [-0.3, -0.25) is 14.4 Å². The molecule has 0 rings (SSSR count). The van der Waals surface area contributed by atoms with E-state index in [0.29, 0.717) is 0 Å². The molecule has 0 saturated heterocycles. The van der Waals surface area contributed by atoms with E-state index in [9.17, 15) is 23.6 Å². The summed E-state index contributed by atoms with van der Waals surface area (Å²) in [5.74, 6) is -3.57. The summed E-state index contributed by atoms with van der Waals surface area (Å²) in [6.07, 6.45) is -1.57. The van der Waals surface area contributed by atoms with Crippen LogP contribution in [0.4, 0.5) is 9.18 Å². The number of carboxylic acids is 1. The molecule has 0 bridgehead atoms. The summed E-state index contributed by atoms with van der Waals surface area (Å²) in [5.41, 5.74) is -0.766. The van der Waals surface area contributed by atoms with Gasteiger partial charge in [0.25, 0.3) is 0 Å². The monoisotopic (exact) mass is 348 g/mol. The van der Waals surface area contributed by atoms with Gasteiger partial charge in [-0.15, -0.1) is 0 Å². The van der Waals surface area contributed by atoms with E-state index in [4.69, 9.17) is 9.84 Å². The first-order chi connectivity index (χ1) is 10.9. The number of nitrogens with one attached hydrogen (secondary N) is 2. The quantitative estimate of drug-likeness (QED) is 0.602. The first-order valence-corrected chi connectivity index (χ1v) is 7.47. The van der Waals surface area contributed by atoms with Crippen molar-refractivity contribution >= 4 is 23.8 Å². The van der Waals surface area contributed by atoms with Gasteiger partial charge in [-0.1, -0.05) is 13.8 Å². The fourth-order valence-corrected chi connectivity index (χ4v) is 1.74. The van der Waals surface area contributed by atoms with Gasteiger partial charge in [-0.05, 0) is 26.7 Å². The number of aliphatic carboxylic acids is 1. The molecule has 0 aliphatic heterocycles.